The van der Waals surface area contributed by atoms with E-state index in [4.69, 9.17) is 5.11 Å². The number of carbonyl (C=O) groups is 2. The molecule has 0 spiro atoms. The Morgan fingerprint density at radius 3 is 2.13 bits per heavy atom. The van der Waals surface area contributed by atoms with Gasteiger partial charge >= 0.3 is 5.97 Å². The highest BCUT2D eigenvalue weighted by Crippen LogP contribution is 2.22. The zero-order valence-electron chi connectivity index (χ0n) is 12.6. The van der Waals surface area contributed by atoms with Crippen LogP contribution in [-0.4, -0.2) is 29.6 Å². The van der Waals surface area contributed by atoms with Crippen LogP contribution in [-0.2, 0) is 4.79 Å². The predicted octanol–water partition coefficient (Wildman–Crippen LogP) is 2.74. The average molecular weight is 310 g/mol. The van der Waals surface area contributed by atoms with Crippen molar-refractivity contribution in [2.45, 2.75) is 18.9 Å². The van der Waals surface area contributed by atoms with Crippen molar-refractivity contribution in [1.29, 1.82) is 0 Å². The number of rotatable bonds is 4. The van der Waals surface area contributed by atoms with E-state index in [1.165, 1.54) is 0 Å². The Labute approximate surface area is 134 Å². The number of hydrogen-bond acceptors (Lipinski definition) is 3. The summed E-state index contributed by atoms with van der Waals surface area (Å²) in [5.74, 6) is -0.934. The number of carboxylic acid groups (broad SMARTS) is 1. The number of aromatic carboxylic acids is 1. The van der Waals surface area contributed by atoms with E-state index in [9.17, 15) is 9.59 Å². The van der Waals surface area contributed by atoms with Crippen LogP contribution in [0.1, 0.15) is 23.2 Å². The summed E-state index contributed by atoms with van der Waals surface area (Å²) in [4.78, 5) is 22.9. The molecule has 1 amide bonds. The molecule has 23 heavy (non-hydrogen) atoms. The van der Waals surface area contributed by atoms with Crippen LogP contribution in [0.3, 0.4) is 0 Å². The number of amides is 1. The van der Waals surface area contributed by atoms with Gasteiger partial charge in [0.1, 0.15) is 0 Å². The lowest BCUT2D eigenvalue weighted by Crippen LogP contribution is -2.35. The smallest absolute Gasteiger partial charge is 0.335 e. The number of nitrogens with one attached hydrogen (secondary N) is 2. The van der Waals surface area contributed by atoms with Crippen LogP contribution >= 0.6 is 0 Å². The van der Waals surface area contributed by atoms with Crippen molar-refractivity contribution in [3.05, 3.63) is 54.1 Å². The SMILES string of the molecule is O=C(O)c1ccc(-c2ccc(NC(=O)[C@H]3CCCN3)cc2)cc1. The zero-order chi connectivity index (χ0) is 16.2. The van der Waals surface area contributed by atoms with Crippen molar-refractivity contribution in [2.24, 2.45) is 0 Å². The van der Waals surface area contributed by atoms with Crippen LogP contribution in [0.5, 0.6) is 0 Å². The molecule has 1 saturated heterocycles. The molecule has 0 radical (unpaired) electrons. The Hall–Kier alpha value is -2.66. The van der Waals surface area contributed by atoms with E-state index >= 15 is 0 Å². The summed E-state index contributed by atoms with van der Waals surface area (Å²) in [6, 6.07) is 14.1. The molecule has 1 aliphatic rings. The van der Waals surface area contributed by atoms with Gasteiger partial charge in [0.05, 0.1) is 11.6 Å². The molecule has 1 atom stereocenters. The van der Waals surface area contributed by atoms with Crippen LogP contribution in [0, 0.1) is 0 Å². The summed E-state index contributed by atoms with van der Waals surface area (Å²) >= 11 is 0. The molecule has 5 nitrogen and oxygen atoms in total. The summed E-state index contributed by atoms with van der Waals surface area (Å²) in [5, 5.41) is 15.0. The molecule has 3 N–H and O–H groups in total. The predicted molar refractivity (Wildman–Crippen MR) is 88.5 cm³/mol. The van der Waals surface area contributed by atoms with Crippen molar-refractivity contribution in [1.82, 2.24) is 5.32 Å². The van der Waals surface area contributed by atoms with Crippen molar-refractivity contribution in [3.8, 4) is 11.1 Å². The lowest BCUT2D eigenvalue weighted by Gasteiger charge is -2.11. The molecule has 1 heterocycles. The average Bonchev–Trinajstić information content (AvgIpc) is 3.10. The van der Waals surface area contributed by atoms with Gasteiger partial charge in [-0.15, -0.1) is 0 Å². The van der Waals surface area contributed by atoms with Gasteiger partial charge in [-0.05, 0) is 54.8 Å². The van der Waals surface area contributed by atoms with Gasteiger partial charge in [-0.1, -0.05) is 24.3 Å². The van der Waals surface area contributed by atoms with Crippen molar-refractivity contribution in [3.63, 3.8) is 0 Å². The molecular weight excluding hydrogens is 292 g/mol. The maximum Gasteiger partial charge on any atom is 0.335 e. The molecule has 5 heteroatoms. The number of carbonyl (C=O) groups excluding carboxylic acids is 1. The third-order valence-electron chi connectivity index (χ3n) is 3.99. The Morgan fingerprint density at radius 2 is 1.61 bits per heavy atom. The largest absolute Gasteiger partial charge is 0.478 e. The summed E-state index contributed by atoms with van der Waals surface area (Å²) in [7, 11) is 0. The Balaban J connectivity index is 1.68. The number of hydrogen-bond donors (Lipinski definition) is 3. The van der Waals surface area contributed by atoms with E-state index in [1.54, 1.807) is 24.3 Å². The summed E-state index contributed by atoms with van der Waals surface area (Å²) in [6.07, 6.45) is 1.91. The highest BCUT2D eigenvalue weighted by molar-refractivity contribution is 5.95. The van der Waals surface area contributed by atoms with Crippen LogP contribution in [0.25, 0.3) is 11.1 Å². The summed E-state index contributed by atoms with van der Waals surface area (Å²) in [6.45, 7) is 0.892. The monoisotopic (exact) mass is 310 g/mol. The molecule has 0 aromatic heterocycles. The second-order valence-electron chi connectivity index (χ2n) is 5.60. The highest BCUT2D eigenvalue weighted by Gasteiger charge is 2.21. The van der Waals surface area contributed by atoms with Crippen LogP contribution in [0.4, 0.5) is 5.69 Å². The van der Waals surface area contributed by atoms with E-state index < -0.39 is 5.97 Å². The fourth-order valence-electron chi connectivity index (χ4n) is 2.69. The molecule has 3 rings (SSSR count). The van der Waals surface area contributed by atoms with E-state index in [0.717, 1.165) is 36.2 Å². The van der Waals surface area contributed by atoms with E-state index in [0.29, 0.717) is 0 Å². The number of carboxylic acids is 1. The van der Waals surface area contributed by atoms with Crippen molar-refractivity contribution in [2.75, 3.05) is 11.9 Å². The van der Waals surface area contributed by atoms with E-state index in [1.807, 2.05) is 24.3 Å². The van der Waals surface area contributed by atoms with Gasteiger partial charge in [0.25, 0.3) is 0 Å². The first kappa shape index (κ1) is 15.2. The summed E-state index contributed by atoms with van der Waals surface area (Å²) in [5.41, 5.74) is 2.93. The Kier molecular flexibility index (Phi) is 4.39. The molecule has 1 fully saturated rings. The molecule has 0 unspecified atom stereocenters. The van der Waals surface area contributed by atoms with Gasteiger partial charge in [-0.25, -0.2) is 4.79 Å². The van der Waals surface area contributed by atoms with E-state index in [-0.39, 0.29) is 17.5 Å². The molecular formula is C18H18N2O3. The molecule has 0 bridgehead atoms. The minimum atomic E-state index is -0.935. The Morgan fingerprint density at radius 1 is 1.00 bits per heavy atom. The molecule has 118 valence electrons. The molecule has 0 aliphatic carbocycles. The lowest BCUT2D eigenvalue weighted by molar-refractivity contribution is -0.117. The lowest BCUT2D eigenvalue weighted by atomic mass is 10.0. The Bertz CT molecular complexity index is 702. The van der Waals surface area contributed by atoms with Gasteiger partial charge in [-0.3, -0.25) is 4.79 Å². The van der Waals surface area contributed by atoms with Gasteiger partial charge in [0, 0.05) is 5.69 Å². The fourth-order valence-corrected chi connectivity index (χ4v) is 2.69. The normalized spacial score (nSPS) is 17.0. The van der Waals surface area contributed by atoms with Gasteiger partial charge in [-0.2, -0.15) is 0 Å². The topological polar surface area (TPSA) is 78.4 Å². The molecule has 2 aromatic rings. The second kappa shape index (κ2) is 6.62. The first-order chi connectivity index (χ1) is 11.1. The first-order valence-electron chi connectivity index (χ1n) is 7.61. The maximum atomic E-state index is 12.0. The minimum Gasteiger partial charge on any atom is -0.478 e. The van der Waals surface area contributed by atoms with Crippen LogP contribution in [0.2, 0.25) is 0 Å². The molecule has 2 aromatic carbocycles. The van der Waals surface area contributed by atoms with Gasteiger partial charge in [0.15, 0.2) is 0 Å². The maximum absolute atomic E-state index is 12.0. The number of anilines is 1. The summed E-state index contributed by atoms with van der Waals surface area (Å²) < 4.78 is 0. The quantitative estimate of drug-likeness (QED) is 0.811. The third kappa shape index (κ3) is 3.57. The minimum absolute atomic E-state index is 0.000983. The van der Waals surface area contributed by atoms with Crippen LogP contribution in [0.15, 0.2) is 48.5 Å². The highest BCUT2D eigenvalue weighted by atomic mass is 16.4. The second-order valence-corrected chi connectivity index (χ2v) is 5.60. The molecule has 1 aliphatic heterocycles. The fraction of sp³-hybridized carbons (Fsp3) is 0.222. The van der Waals surface area contributed by atoms with Crippen molar-refractivity contribution < 1.29 is 14.7 Å². The number of benzene rings is 2. The first-order valence-corrected chi connectivity index (χ1v) is 7.61. The van der Waals surface area contributed by atoms with Crippen LogP contribution < -0.4 is 10.6 Å². The van der Waals surface area contributed by atoms with Gasteiger partial charge in [0.2, 0.25) is 5.91 Å². The van der Waals surface area contributed by atoms with E-state index in [2.05, 4.69) is 10.6 Å². The van der Waals surface area contributed by atoms with Crippen molar-refractivity contribution >= 4 is 17.6 Å². The molecule has 0 saturated carbocycles. The third-order valence-corrected chi connectivity index (χ3v) is 3.99. The zero-order valence-corrected chi connectivity index (χ0v) is 12.6. The van der Waals surface area contributed by atoms with Gasteiger partial charge < -0.3 is 15.7 Å². The standard InChI is InChI=1S/C18H18N2O3/c21-17(16-2-1-11-19-16)20-15-9-7-13(8-10-15)12-3-5-14(6-4-12)18(22)23/h3-10,16,19H,1-2,11H2,(H,20,21)(H,22,23)/t16-/m1/s1.